The van der Waals surface area contributed by atoms with Crippen LogP contribution in [0.25, 0.3) is 16.3 Å². The highest BCUT2D eigenvalue weighted by Gasteiger charge is 2.15. The van der Waals surface area contributed by atoms with E-state index in [1.54, 1.807) is 17.4 Å². The van der Waals surface area contributed by atoms with Crippen LogP contribution in [0.5, 0.6) is 0 Å². The number of fused-ring (bicyclic) bond motifs is 1. The van der Waals surface area contributed by atoms with Gasteiger partial charge in [-0.2, -0.15) is 0 Å². The van der Waals surface area contributed by atoms with Crippen molar-refractivity contribution in [2.45, 2.75) is 0 Å². The smallest absolute Gasteiger partial charge is 0.248 e. The number of para-hydroxylation sites is 3. The fraction of sp³-hybridized carbons (Fsp3) is 0.200. The van der Waals surface area contributed by atoms with Gasteiger partial charge in [0.25, 0.3) is 0 Å². The lowest BCUT2D eigenvalue weighted by molar-refractivity contribution is -0.111. The van der Waals surface area contributed by atoms with E-state index in [0.717, 1.165) is 39.7 Å². The summed E-state index contributed by atoms with van der Waals surface area (Å²) < 4.78 is 6.52. The topological polar surface area (TPSA) is 54.5 Å². The van der Waals surface area contributed by atoms with Crippen molar-refractivity contribution in [2.24, 2.45) is 0 Å². The Kier molecular flexibility index (Phi) is 4.95. The number of nitrogens with one attached hydrogen (secondary N) is 1. The van der Waals surface area contributed by atoms with Crippen molar-refractivity contribution in [3.8, 4) is 0 Å². The number of thiazole rings is 1. The van der Waals surface area contributed by atoms with Crippen molar-refractivity contribution in [3.63, 3.8) is 0 Å². The molecule has 4 rings (SSSR count). The van der Waals surface area contributed by atoms with Crippen LogP contribution in [0.2, 0.25) is 0 Å². The number of morpholine rings is 1. The molecule has 1 fully saturated rings. The third-order valence-electron chi connectivity index (χ3n) is 4.20. The standard InChI is InChI=1S/C20H19N3O2S/c24-19(9-10-20-22-16-6-2-4-8-18(16)26-20)21-15-5-1-3-7-17(15)23-11-13-25-14-12-23/h1-10H,11-14H2,(H,21,24). The fourth-order valence-corrected chi connectivity index (χ4v) is 3.81. The molecule has 1 saturated heterocycles. The molecule has 2 heterocycles. The van der Waals surface area contributed by atoms with E-state index in [2.05, 4.69) is 15.2 Å². The Morgan fingerprint density at radius 3 is 2.73 bits per heavy atom. The number of carbonyl (C=O) groups is 1. The maximum Gasteiger partial charge on any atom is 0.248 e. The van der Waals surface area contributed by atoms with Crippen LogP contribution in [0.4, 0.5) is 11.4 Å². The number of aromatic nitrogens is 1. The predicted molar refractivity (Wildman–Crippen MR) is 107 cm³/mol. The van der Waals surface area contributed by atoms with Crippen molar-refractivity contribution in [3.05, 3.63) is 59.6 Å². The van der Waals surface area contributed by atoms with Crippen LogP contribution in [-0.2, 0) is 9.53 Å². The van der Waals surface area contributed by atoms with Crippen LogP contribution in [0.3, 0.4) is 0 Å². The number of nitrogens with zero attached hydrogens (tertiary/aromatic N) is 2. The number of carbonyl (C=O) groups excluding carboxylic acids is 1. The summed E-state index contributed by atoms with van der Waals surface area (Å²) in [7, 11) is 0. The Labute approximate surface area is 155 Å². The summed E-state index contributed by atoms with van der Waals surface area (Å²) in [6.45, 7) is 3.07. The largest absolute Gasteiger partial charge is 0.378 e. The van der Waals surface area contributed by atoms with E-state index in [0.29, 0.717) is 13.2 Å². The molecule has 132 valence electrons. The Balaban J connectivity index is 1.47. The van der Waals surface area contributed by atoms with Gasteiger partial charge in [-0.05, 0) is 30.3 Å². The van der Waals surface area contributed by atoms with E-state index in [-0.39, 0.29) is 5.91 Å². The maximum atomic E-state index is 12.4. The van der Waals surface area contributed by atoms with E-state index < -0.39 is 0 Å². The molecule has 0 bridgehead atoms. The van der Waals surface area contributed by atoms with E-state index in [9.17, 15) is 4.79 Å². The molecule has 1 aliphatic heterocycles. The van der Waals surface area contributed by atoms with Crippen molar-refractivity contribution < 1.29 is 9.53 Å². The molecule has 6 heteroatoms. The summed E-state index contributed by atoms with van der Waals surface area (Å²) in [4.78, 5) is 19.1. The second kappa shape index (κ2) is 7.68. The van der Waals surface area contributed by atoms with Crippen molar-refractivity contribution >= 4 is 44.9 Å². The van der Waals surface area contributed by atoms with Crippen LogP contribution >= 0.6 is 11.3 Å². The molecule has 3 aromatic rings. The average Bonchev–Trinajstić information content (AvgIpc) is 3.11. The molecule has 2 aromatic carbocycles. The SMILES string of the molecule is O=C(C=Cc1nc2ccccc2s1)Nc1ccccc1N1CCOCC1. The van der Waals surface area contributed by atoms with Crippen molar-refractivity contribution in [2.75, 3.05) is 36.5 Å². The fourth-order valence-electron chi connectivity index (χ4n) is 2.94. The summed E-state index contributed by atoms with van der Waals surface area (Å²) >= 11 is 1.57. The first-order chi connectivity index (χ1) is 12.8. The normalized spacial score (nSPS) is 14.8. The highest BCUT2D eigenvalue weighted by molar-refractivity contribution is 7.19. The maximum absolute atomic E-state index is 12.4. The lowest BCUT2D eigenvalue weighted by Crippen LogP contribution is -2.36. The van der Waals surface area contributed by atoms with E-state index in [1.165, 1.54) is 6.08 Å². The first-order valence-electron chi connectivity index (χ1n) is 8.56. The van der Waals surface area contributed by atoms with Crippen LogP contribution in [0, 0.1) is 0 Å². The van der Waals surface area contributed by atoms with Gasteiger partial charge >= 0.3 is 0 Å². The van der Waals surface area contributed by atoms with Gasteiger partial charge in [0, 0.05) is 19.2 Å². The van der Waals surface area contributed by atoms with Gasteiger partial charge in [-0.3, -0.25) is 4.79 Å². The zero-order valence-electron chi connectivity index (χ0n) is 14.2. The van der Waals surface area contributed by atoms with E-state index in [4.69, 9.17) is 4.74 Å². The second-order valence-corrected chi connectivity index (χ2v) is 7.02. The summed E-state index contributed by atoms with van der Waals surface area (Å²) in [5.41, 5.74) is 2.79. The second-order valence-electron chi connectivity index (χ2n) is 5.96. The first kappa shape index (κ1) is 16.8. The van der Waals surface area contributed by atoms with Gasteiger partial charge in [-0.15, -0.1) is 11.3 Å². The van der Waals surface area contributed by atoms with Crippen LogP contribution in [-0.4, -0.2) is 37.2 Å². The van der Waals surface area contributed by atoms with Gasteiger partial charge in [-0.1, -0.05) is 24.3 Å². The molecule has 0 saturated carbocycles. The molecule has 1 N–H and O–H groups in total. The number of hydrogen-bond acceptors (Lipinski definition) is 5. The Hall–Kier alpha value is -2.70. The quantitative estimate of drug-likeness (QED) is 0.715. The molecule has 1 amide bonds. The van der Waals surface area contributed by atoms with Crippen LogP contribution < -0.4 is 10.2 Å². The minimum absolute atomic E-state index is 0.162. The van der Waals surface area contributed by atoms with Gasteiger partial charge in [0.2, 0.25) is 5.91 Å². The Morgan fingerprint density at radius 1 is 1.12 bits per heavy atom. The predicted octanol–water partition coefficient (Wildman–Crippen LogP) is 3.78. The molecule has 1 aliphatic rings. The number of amides is 1. The summed E-state index contributed by atoms with van der Waals surface area (Å²) in [5, 5.41) is 3.80. The third kappa shape index (κ3) is 3.76. The molecular formula is C20H19N3O2S. The lowest BCUT2D eigenvalue weighted by atomic mass is 10.2. The molecule has 0 spiro atoms. The molecule has 0 aliphatic carbocycles. The minimum Gasteiger partial charge on any atom is -0.378 e. The molecule has 5 nitrogen and oxygen atoms in total. The monoisotopic (exact) mass is 365 g/mol. The molecule has 26 heavy (non-hydrogen) atoms. The molecular weight excluding hydrogens is 346 g/mol. The number of anilines is 2. The number of benzene rings is 2. The molecule has 0 unspecified atom stereocenters. The molecule has 1 aromatic heterocycles. The van der Waals surface area contributed by atoms with Gasteiger partial charge in [0.05, 0.1) is 34.8 Å². The van der Waals surface area contributed by atoms with Gasteiger partial charge in [0.1, 0.15) is 5.01 Å². The van der Waals surface area contributed by atoms with E-state index >= 15 is 0 Å². The van der Waals surface area contributed by atoms with Crippen molar-refractivity contribution in [1.82, 2.24) is 4.98 Å². The molecule has 0 radical (unpaired) electrons. The Morgan fingerprint density at radius 2 is 1.88 bits per heavy atom. The Bertz CT molecular complexity index is 912. The zero-order chi connectivity index (χ0) is 17.8. The third-order valence-corrected chi connectivity index (χ3v) is 5.20. The first-order valence-corrected chi connectivity index (χ1v) is 9.37. The zero-order valence-corrected chi connectivity index (χ0v) is 15.0. The molecule has 0 atom stereocenters. The van der Waals surface area contributed by atoms with Gasteiger partial charge < -0.3 is 15.0 Å². The summed E-state index contributed by atoms with van der Waals surface area (Å²) in [6, 6.07) is 15.8. The van der Waals surface area contributed by atoms with Crippen molar-refractivity contribution in [1.29, 1.82) is 0 Å². The van der Waals surface area contributed by atoms with Crippen LogP contribution in [0.15, 0.2) is 54.6 Å². The number of rotatable bonds is 4. The minimum atomic E-state index is -0.162. The average molecular weight is 365 g/mol. The summed E-state index contributed by atoms with van der Waals surface area (Å²) in [6.07, 6.45) is 3.30. The van der Waals surface area contributed by atoms with Gasteiger partial charge in [-0.25, -0.2) is 4.98 Å². The highest BCUT2D eigenvalue weighted by atomic mass is 32.1. The number of ether oxygens (including phenoxy) is 1. The number of hydrogen-bond donors (Lipinski definition) is 1. The summed E-state index contributed by atoms with van der Waals surface area (Å²) in [5.74, 6) is -0.162. The lowest BCUT2D eigenvalue weighted by Gasteiger charge is -2.30. The van der Waals surface area contributed by atoms with Crippen LogP contribution in [0.1, 0.15) is 5.01 Å². The van der Waals surface area contributed by atoms with Gasteiger partial charge in [0.15, 0.2) is 0 Å². The highest BCUT2D eigenvalue weighted by Crippen LogP contribution is 2.26. The van der Waals surface area contributed by atoms with E-state index in [1.807, 2.05) is 48.5 Å².